The van der Waals surface area contributed by atoms with E-state index in [-0.39, 0.29) is 23.8 Å². The summed E-state index contributed by atoms with van der Waals surface area (Å²) in [6, 6.07) is 4.67. The van der Waals surface area contributed by atoms with E-state index in [1.807, 2.05) is 0 Å². The molecule has 0 aliphatic rings. The molecule has 0 fully saturated rings. The molecule has 2 aromatic rings. The standard InChI is InChI=1S/C13H14N4O2/c1-9-6-11(18)7-10(2)17(9)8-12(19)16-13-14-4-3-5-15-13/h3-7H,8H2,1-2H3,(H,14,15,16,19). The van der Waals surface area contributed by atoms with Gasteiger partial charge < -0.3 is 4.57 Å². The van der Waals surface area contributed by atoms with Gasteiger partial charge in [-0.05, 0) is 19.9 Å². The first-order chi connectivity index (χ1) is 9.06. The Balaban J connectivity index is 2.14. The van der Waals surface area contributed by atoms with Crippen molar-refractivity contribution in [2.75, 3.05) is 5.32 Å². The molecule has 0 unspecified atom stereocenters. The summed E-state index contributed by atoms with van der Waals surface area (Å²) in [5.41, 5.74) is 1.43. The Morgan fingerprint density at radius 3 is 2.37 bits per heavy atom. The van der Waals surface area contributed by atoms with E-state index in [1.165, 1.54) is 12.1 Å². The van der Waals surface area contributed by atoms with Gasteiger partial charge in [0.2, 0.25) is 11.9 Å². The summed E-state index contributed by atoms with van der Waals surface area (Å²) in [5, 5.41) is 2.60. The van der Waals surface area contributed by atoms with Crippen molar-refractivity contribution in [2.24, 2.45) is 0 Å². The number of pyridine rings is 1. The van der Waals surface area contributed by atoms with Crippen molar-refractivity contribution in [3.05, 3.63) is 52.2 Å². The van der Waals surface area contributed by atoms with Crippen LogP contribution in [0.15, 0.2) is 35.4 Å². The monoisotopic (exact) mass is 258 g/mol. The topological polar surface area (TPSA) is 76.9 Å². The lowest BCUT2D eigenvalue weighted by Crippen LogP contribution is -2.23. The molecular weight excluding hydrogens is 244 g/mol. The Bertz CT molecular complexity index is 623. The lowest BCUT2D eigenvalue weighted by Gasteiger charge is -2.13. The van der Waals surface area contributed by atoms with Crippen molar-refractivity contribution in [1.82, 2.24) is 14.5 Å². The van der Waals surface area contributed by atoms with E-state index >= 15 is 0 Å². The second-order valence-electron chi connectivity index (χ2n) is 4.18. The van der Waals surface area contributed by atoms with Crippen LogP contribution >= 0.6 is 0 Å². The molecule has 0 aliphatic heterocycles. The largest absolute Gasteiger partial charge is 0.340 e. The maximum absolute atomic E-state index is 11.9. The van der Waals surface area contributed by atoms with Crippen molar-refractivity contribution < 1.29 is 4.79 Å². The molecule has 2 aromatic heterocycles. The molecule has 0 saturated heterocycles. The maximum atomic E-state index is 11.9. The van der Waals surface area contributed by atoms with Crippen molar-refractivity contribution in [3.8, 4) is 0 Å². The number of carbonyl (C=O) groups excluding carboxylic acids is 1. The van der Waals surface area contributed by atoms with Gasteiger partial charge in [-0.1, -0.05) is 0 Å². The maximum Gasteiger partial charge on any atom is 0.246 e. The third-order valence-electron chi connectivity index (χ3n) is 2.67. The Hall–Kier alpha value is -2.50. The molecule has 0 bridgehead atoms. The molecule has 1 amide bonds. The first kappa shape index (κ1) is 12.9. The van der Waals surface area contributed by atoms with Crippen molar-refractivity contribution >= 4 is 11.9 Å². The number of aryl methyl sites for hydroxylation is 2. The zero-order valence-corrected chi connectivity index (χ0v) is 10.8. The van der Waals surface area contributed by atoms with Crippen LogP contribution in [-0.4, -0.2) is 20.4 Å². The van der Waals surface area contributed by atoms with Crippen LogP contribution in [-0.2, 0) is 11.3 Å². The lowest BCUT2D eigenvalue weighted by atomic mass is 10.3. The van der Waals surface area contributed by atoms with Gasteiger partial charge in [0.25, 0.3) is 0 Å². The van der Waals surface area contributed by atoms with Crippen LogP contribution in [0.3, 0.4) is 0 Å². The minimum atomic E-state index is -0.235. The smallest absolute Gasteiger partial charge is 0.246 e. The molecule has 2 heterocycles. The normalized spacial score (nSPS) is 10.2. The van der Waals surface area contributed by atoms with Crippen LogP contribution in [0.2, 0.25) is 0 Å². The van der Waals surface area contributed by atoms with E-state index in [9.17, 15) is 9.59 Å². The molecule has 6 heteroatoms. The molecule has 0 aromatic carbocycles. The van der Waals surface area contributed by atoms with Crippen LogP contribution < -0.4 is 10.7 Å². The Morgan fingerprint density at radius 2 is 1.79 bits per heavy atom. The average Bonchev–Trinajstić information content (AvgIpc) is 2.35. The van der Waals surface area contributed by atoms with Crippen LogP contribution in [0.25, 0.3) is 0 Å². The molecule has 6 nitrogen and oxygen atoms in total. The first-order valence-electron chi connectivity index (χ1n) is 5.81. The van der Waals surface area contributed by atoms with Crippen LogP contribution in [0, 0.1) is 13.8 Å². The number of hydrogen-bond donors (Lipinski definition) is 1. The summed E-state index contributed by atoms with van der Waals surface area (Å²) < 4.78 is 1.76. The number of rotatable bonds is 3. The summed E-state index contributed by atoms with van der Waals surface area (Å²) in [4.78, 5) is 31.0. The molecule has 0 aliphatic carbocycles. The van der Waals surface area contributed by atoms with Gasteiger partial charge in [-0.3, -0.25) is 14.9 Å². The fourth-order valence-corrected chi connectivity index (χ4v) is 1.81. The number of carbonyl (C=O) groups is 1. The molecule has 0 saturated carbocycles. The fraction of sp³-hybridized carbons (Fsp3) is 0.231. The highest BCUT2D eigenvalue weighted by Gasteiger charge is 2.08. The zero-order valence-electron chi connectivity index (χ0n) is 10.8. The van der Waals surface area contributed by atoms with Gasteiger partial charge in [-0.2, -0.15) is 0 Å². The summed E-state index contributed by atoms with van der Waals surface area (Å²) in [5.74, 6) is 0.0323. The predicted octanol–water partition coefficient (Wildman–Crippen LogP) is 0.894. The number of nitrogens with one attached hydrogen (secondary N) is 1. The minimum absolute atomic E-state index is 0.0574. The van der Waals surface area contributed by atoms with Crippen molar-refractivity contribution in [2.45, 2.75) is 20.4 Å². The van der Waals surface area contributed by atoms with Gasteiger partial charge >= 0.3 is 0 Å². The fourth-order valence-electron chi connectivity index (χ4n) is 1.81. The third-order valence-corrected chi connectivity index (χ3v) is 2.67. The number of hydrogen-bond acceptors (Lipinski definition) is 4. The van der Waals surface area contributed by atoms with E-state index in [2.05, 4.69) is 15.3 Å². The van der Waals surface area contributed by atoms with Crippen LogP contribution in [0.5, 0.6) is 0 Å². The minimum Gasteiger partial charge on any atom is -0.340 e. The Kier molecular flexibility index (Phi) is 3.70. The molecule has 2 rings (SSSR count). The van der Waals surface area contributed by atoms with E-state index in [1.54, 1.807) is 36.9 Å². The number of amides is 1. The number of nitrogens with zero attached hydrogens (tertiary/aromatic N) is 3. The van der Waals surface area contributed by atoms with Gasteiger partial charge in [0.1, 0.15) is 6.54 Å². The van der Waals surface area contributed by atoms with E-state index in [0.29, 0.717) is 0 Å². The van der Waals surface area contributed by atoms with Gasteiger partial charge in [-0.15, -0.1) is 0 Å². The Morgan fingerprint density at radius 1 is 1.21 bits per heavy atom. The summed E-state index contributed by atoms with van der Waals surface area (Å²) in [6.45, 7) is 3.71. The lowest BCUT2D eigenvalue weighted by molar-refractivity contribution is -0.116. The summed E-state index contributed by atoms with van der Waals surface area (Å²) >= 11 is 0. The summed E-state index contributed by atoms with van der Waals surface area (Å²) in [7, 11) is 0. The quantitative estimate of drug-likeness (QED) is 0.887. The number of anilines is 1. The zero-order chi connectivity index (χ0) is 13.8. The third kappa shape index (κ3) is 3.25. The molecule has 0 atom stereocenters. The van der Waals surface area contributed by atoms with Gasteiger partial charge in [-0.25, -0.2) is 9.97 Å². The highest BCUT2D eigenvalue weighted by Crippen LogP contribution is 2.02. The molecular formula is C13H14N4O2. The van der Waals surface area contributed by atoms with Crippen LogP contribution in [0.1, 0.15) is 11.4 Å². The molecule has 0 radical (unpaired) electrons. The summed E-state index contributed by atoms with van der Waals surface area (Å²) in [6.07, 6.45) is 3.11. The molecule has 1 N–H and O–H groups in total. The second-order valence-corrected chi connectivity index (χ2v) is 4.18. The molecule has 19 heavy (non-hydrogen) atoms. The molecule has 0 spiro atoms. The first-order valence-corrected chi connectivity index (χ1v) is 5.81. The average molecular weight is 258 g/mol. The van der Waals surface area contributed by atoms with E-state index in [4.69, 9.17) is 0 Å². The van der Waals surface area contributed by atoms with Crippen LogP contribution in [0.4, 0.5) is 5.95 Å². The van der Waals surface area contributed by atoms with Crippen molar-refractivity contribution in [3.63, 3.8) is 0 Å². The SMILES string of the molecule is Cc1cc(=O)cc(C)n1CC(=O)Nc1ncccn1. The van der Waals surface area contributed by atoms with Gasteiger partial charge in [0, 0.05) is 35.9 Å². The Labute approximate surface area is 110 Å². The van der Waals surface area contributed by atoms with E-state index < -0.39 is 0 Å². The number of aromatic nitrogens is 3. The van der Waals surface area contributed by atoms with E-state index in [0.717, 1.165) is 11.4 Å². The predicted molar refractivity (Wildman–Crippen MR) is 70.8 cm³/mol. The second kappa shape index (κ2) is 5.43. The van der Waals surface area contributed by atoms with Gasteiger partial charge in [0.15, 0.2) is 5.43 Å². The highest BCUT2D eigenvalue weighted by atomic mass is 16.2. The highest BCUT2D eigenvalue weighted by molar-refractivity contribution is 5.88. The van der Waals surface area contributed by atoms with Crippen molar-refractivity contribution in [1.29, 1.82) is 0 Å². The molecule has 98 valence electrons. The van der Waals surface area contributed by atoms with Gasteiger partial charge in [0.05, 0.1) is 0 Å².